The summed E-state index contributed by atoms with van der Waals surface area (Å²) >= 11 is 0. The van der Waals surface area contributed by atoms with Crippen molar-refractivity contribution in [2.24, 2.45) is 5.73 Å². The van der Waals surface area contributed by atoms with Crippen LogP contribution >= 0.6 is 12.4 Å². The minimum atomic E-state index is -0.321. The fourth-order valence-electron chi connectivity index (χ4n) is 2.33. The molecular weight excluding hydrogens is 283 g/mol. The Hall–Kier alpha value is -1.33. The van der Waals surface area contributed by atoms with Crippen molar-refractivity contribution in [2.75, 3.05) is 19.7 Å². The molecule has 6 heteroatoms. The van der Waals surface area contributed by atoms with E-state index in [1.165, 1.54) is 24.3 Å². The average Bonchev–Trinajstić information content (AvgIpc) is 2.46. The molecule has 0 radical (unpaired) electrons. The van der Waals surface area contributed by atoms with E-state index in [0.717, 1.165) is 25.8 Å². The average molecular weight is 303 g/mol. The molecule has 1 atom stereocenters. The number of likely N-dealkylation sites (tertiary alicyclic amines) is 1. The molecule has 2 N–H and O–H groups in total. The van der Waals surface area contributed by atoms with Crippen molar-refractivity contribution >= 4 is 18.3 Å². The summed E-state index contributed by atoms with van der Waals surface area (Å²) in [5, 5.41) is 0. The maximum absolute atomic E-state index is 12.7. The molecule has 1 aromatic carbocycles. The van der Waals surface area contributed by atoms with Gasteiger partial charge in [-0.3, -0.25) is 4.79 Å². The zero-order valence-corrected chi connectivity index (χ0v) is 12.1. The first-order valence-corrected chi connectivity index (χ1v) is 6.58. The summed E-state index contributed by atoms with van der Waals surface area (Å²) in [6, 6.07) is 5.77. The van der Waals surface area contributed by atoms with Gasteiger partial charge in [0.1, 0.15) is 11.6 Å². The highest BCUT2D eigenvalue weighted by atomic mass is 35.5. The van der Waals surface area contributed by atoms with Crippen LogP contribution in [-0.4, -0.2) is 36.5 Å². The fourth-order valence-corrected chi connectivity index (χ4v) is 2.33. The predicted octanol–water partition coefficient (Wildman–Crippen LogP) is 1.97. The maximum Gasteiger partial charge on any atom is 0.260 e. The summed E-state index contributed by atoms with van der Waals surface area (Å²) in [7, 11) is 0. The fraction of sp³-hybridized carbons (Fsp3) is 0.500. The van der Waals surface area contributed by atoms with Crippen molar-refractivity contribution in [2.45, 2.75) is 25.3 Å². The molecule has 0 aliphatic carbocycles. The number of rotatable bonds is 4. The van der Waals surface area contributed by atoms with Gasteiger partial charge in [-0.05, 0) is 43.5 Å². The van der Waals surface area contributed by atoms with Gasteiger partial charge in [-0.25, -0.2) is 4.39 Å². The van der Waals surface area contributed by atoms with Crippen LogP contribution in [0, 0.1) is 5.82 Å². The second kappa shape index (κ2) is 8.07. The van der Waals surface area contributed by atoms with E-state index in [2.05, 4.69) is 0 Å². The van der Waals surface area contributed by atoms with Crippen LogP contribution in [0.3, 0.4) is 0 Å². The maximum atomic E-state index is 12.7. The largest absolute Gasteiger partial charge is 0.484 e. The van der Waals surface area contributed by atoms with E-state index in [4.69, 9.17) is 10.5 Å². The van der Waals surface area contributed by atoms with Gasteiger partial charge in [-0.2, -0.15) is 0 Å². The molecular formula is C14H20ClFN2O2. The van der Waals surface area contributed by atoms with Gasteiger partial charge in [0.2, 0.25) is 0 Å². The van der Waals surface area contributed by atoms with Crippen molar-refractivity contribution in [1.29, 1.82) is 0 Å². The summed E-state index contributed by atoms with van der Waals surface area (Å²) in [5.41, 5.74) is 5.68. The van der Waals surface area contributed by atoms with Gasteiger partial charge in [-0.15, -0.1) is 12.4 Å². The first-order chi connectivity index (χ1) is 9.20. The lowest BCUT2D eigenvalue weighted by atomic mass is 10.0. The van der Waals surface area contributed by atoms with E-state index in [0.29, 0.717) is 12.3 Å². The van der Waals surface area contributed by atoms with Crippen LogP contribution < -0.4 is 10.5 Å². The van der Waals surface area contributed by atoms with Crippen LogP contribution in [0.1, 0.15) is 19.3 Å². The van der Waals surface area contributed by atoms with E-state index >= 15 is 0 Å². The molecule has 1 amide bonds. The molecule has 0 saturated carbocycles. The topological polar surface area (TPSA) is 55.6 Å². The third-order valence-electron chi connectivity index (χ3n) is 3.40. The van der Waals surface area contributed by atoms with E-state index < -0.39 is 0 Å². The number of amides is 1. The Morgan fingerprint density at radius 2 is 2.05 bits per heavy atom. The van der Waals surface area contributed by atoms with Crippen molar-refractivity contribution < 1.29 is 13.9 Å². The van der Waals surface area contributed by atoms with Crippen LogP contribution in [0.25, 0.3) is 0 Å². The van der Waals surface area contributed by atoms with E-state index in [9.17, 15) is 9.18 Å². The van der Waals surface area contributed by atoms with Crippen molar-refractivity contribution in [1.82, 2.24) is 4.90 Å². The normalized spacial score (nSPS) is 18.3. The lowest BCUT2D eigenvalue weighted by Gasteiger charge is -2.34. The summed E-state index contributed by atoms with van der Waals surface area (Å²) < 4.78 is 18.1. The Bertz CT molecular complexity index is 428. The minimum Gasteiger partial charge on any atom is -0.484 e. The van der Waals surface area contributed by atoms with Crippen LogP contribution in [0.4, 0.5) is 4.39 Å². The zero-order valence-electron chi connectivity index (χ0n) is 11.3. The number of piperidine rings is 1. The lowest BCUT2D eigenvalue weighted by molar-refractivity contribution is -0.136. The second-order valence-corrected chi connectivity index (χ2v) is 4.72. The number of hydrogen-bond acceptors (Lipinski definition) is 3. The van der Waals surface area contributed by atoms with E-state index in [-0.39, 0.29) is 36.8 Å². The number of hydrogen-bond donors (Lipinski definition) is 1. The molecule has 0 spiro atoms. The molecule has 1 aromatic rings. The Kier molecular flexibility index (Phi) is 6.75. The summed E-state index contributed by atoms with van der Waals surface area (Å²) in [6.07, 6.45) is 3.09. The highest BCUT2D eigenvalue weighted by Gasteiger charge is 2.25. The number of halogens is 2. The van der Waals surface area contributed by atoms with Gasteiger partial charge in [0.05, 0.1) is 0 Å². The molecule has 0 bridgehead atoms. The van der Waals surface area contributed by atoms with Crippen LogP contribution in [0.15, 0.2) is 24.3 Å². The molecule has 1 heterocycles. The zero-order chi connectivity index (χ0) is 13.7. The standard InChI is InChI=1S/C14H19FN2O2.ClH/c15-11-4-6-13(7-5-11)19-10-14(18)17-8-2-1-3-12(17)9-16;/h4-7,12H,1-3,8-10,16H2;1H. The molecule has 0 aromatic heterocycles. The smallest absolute Gasteiger partial charge is 0.260 e. The molecule has 1 aliphatic rings. The number of nitrogens with two attached hydrogens (primary N) is 1. The molecule has 112 valence electrons. The lowest BCUT2D eigenvalue weighted by Crippen LogP contribution is -2.49. The van der Waals surface area contributed by atoms with Crippen LogP contribution in [-0.2, 0) is 4.79 Å². The quantitative estimate of drug-likeness (QED) is 0.925. The SMILES string of the molecule is Cl.NCC1CCCCN1C(=O)COc1ccc(F)cc1. The highest BCUT2D eigenvalue weighted by molar-refractivity contribution is 5.85. The van der Waals surface area contributed by atoms with Gasteiger partial charge >= 0.3 is 0 Å². The van der Waals surface area contributed by atoms with Gasteiger partial charge in [0, 0.05) is 19.1 Å². The van der Waals surface area contributed by atoms with Crippen molar-refractivity contribution in [3.05, 3.63) is 30.1 Å². The number of carbonyl (C=O) groups is 1. The van der Waals surface area contributed by atoms with Crippen molar-refractivity contribution in [3.63, 3.8) is 0 Å². The molecule has 1 aliphatic heterocycles. The summed E-state index contributed by atoms with van der Waals surface area (Å²) in [6.45, 7) is 1.21. The first-order valence-electron chi connectivity index (χ1n) is 6.58. The van der Waals surface area contributed by atoms with Gasteiger partial charge in [-0.1, -0.05) is 0 Å². The van der Waals surface area contributed by atoms with Crippen LogP contribution in [0.5, 0.6) is 5.75 Å². The van der Waals surface area contributed by atoms with Crippen molar-refractivity contribution in [3.8, 4) is 5.75 Å². The van der Waals surface area contributed by atoms with Crippen LogP contribution in [0.2, 0.25) is 0 Å². The molecule has 1 saturated heterocycles. The molecule has 1 fully saturated rings. The Balaban J connectivity index is 0.00000200. The third-order valence-corrected chi connectivity index (χ3v) is 3.40. The van der Waals surface area contributed by atoms with E-state index in [1.54, 1.807) is 4.90 Å². The number of benzene rings is 1. The minimum absolute atomic E-state index is 0. The monoisotopic (exact) mass is 302 g/mol. The van der Waals surface area contributed by atoms with Gasteiger partial charge < -0.3 is 15.4 Å². The number of nitrogens with zero attached hydrogens (tertiary/aromatic N) is 1. The highest BCUT2D eigenvalue weighted by Crippen LogP contribution is 2.17. The molecule has 20 heavy (non-hydrogen) atoms. The predicted molar refractivity (Wildman–Crippen MR) is 77.5 cm³/mol. The molecule has 1 unspecified atom stereocenters. The number of carbonyl (C=O) groups excluding carboxylic acids is 1. The Morgan fingerprint density at radius 3 is 2.70 bits per heavy atom. The molecule has 2 rings (SSSR count). The Morgan fingerprint density at radius 1 is 1.35 bits per heavy atom. The summed E-state index contributed by atoms with van der Waals surface area (Å²) in [5.74, 6) is 0.119. The summed E-state index contributed by atoms with van der Waals surface area (Å²) in [4.78, 5) is 13.9. The first kappa shape index (κ1) is 16.7. The van der Waals surface area contributed by atoms with Gasteiger partial charge in [0.15, 0.2) is 6.61 Å². The number of ether oxygens (including phenoxy) is 1. The second-order valence-electron chi connectivity index (χ2n) is 4.72. The molecule has 4 nitrogen and oxygen atoms in total. The van der Waals surface area contributed by atoms with E-state index in [1.807, 2.05) is 0 Å². The van der Waals surface area contributed by atoms with Gasteiger partial charge in [0.25, 0.3) is 5.91 Å². The Labute approximate surface area is 124 Å². The third kappa shape index (κ3) is 4.35.